The summed E-state index contributed by atoms with van der Waals surface area (Å²) in [6, 6.07) is 19.2. The zero-order valence-corrected chi connectivity index (χ0v) is 11.2. The second-order valence-electron chi connectivity index (χ2n) is 4.63. The third kappa shape index (κ3) is 4.52. The lowest BCUT2D eigenvalue weighted by Crippen LogP contribution is -2.23. The first-order valence-corrected chi connectivity index (χ1v) is 6.68. The molecule has 0 amide bonds. The lowest BCUT2D eigenvalue weighted by molar-refractivity contribution is -0.155. The summed E-state index contributed by atoms with van der Waals surface area (Å²) in [5.74, 6) is -0.565. The minimum Gasteiger partial charge on any atom is -0.459 e. The first kappa shape index (κ1) is 14.3. The van der Waals surface area contributed by atoms with E-state index in [2.05, 4.69) is 0 Å². The number of hydrogen-bond acceptors (Lipinski definition) is 3. The van der Waals surface area contributed by atoms with E-state index in [9.17, 15) is 9.90 Å². The van der Waals surface area contributed by atoms with Crippen LogP contribution in [0.2, 0.25) is 0 Å². The smallest absolute Gasteiger partial charge is 0.335 e. The van der Waals surface area contributed by atoms with E-state index in [1.54, 1.807) is 0 Å². The van der Waals surface area contributed by atoms with Crippen LogP contribution >= 0.6 is 0 Å². The SMILES string of the molecule is O=C(OCc1ccccc1)C(O)CCc1ccccc1. The third-order valence-electron chi connectivity index (χ3n) is 3.05. The Kier molecular flexibility index (Phi) is 5.33. The number of hydrogen-bond donors (Lipinski definition) is 1. The number of aliphatic hydroxyl groups is 1. The molecule has 3 nitrogen and oxygen atoms in total. The molecule has 0 aromatic heterocycles. The molecule has 0 aliphatic rings. The Morgan fingerprint density at radius 3 is 2.10 bits per heavy atom. The van der Waals surface area contributed by atoms with E-state index in [4.69, 9.17) is 4.74 Å². The molecular formula is C17H18O3. The monoisotopic (exact) mass is 270 g/mol. The minimum atomic E-state index is -1.07. The van der Waals surface area contributed by atoms with Crippen molar-refractivity contribution in [3.63, 3.8) is 0 Å². The Morgan fingerprint density at radius 2 is 1.50 bits per heavy atom. The van der Waals surface area contributed by atoms with E-state index < -0.39 is 12.1 Å². The lowest BCUT2D eigenvalue weighted by atomic mass is 10.1. The summed E-state index contributed by atoms with van der Waals surface area (Å²) in [6.07, 6.45) is -0.0426. The molecule has 2 aromatic carbocycles. The summed E-state index contributed by atoms with van der Waals surface area (Å²) in [5.41, 5.74) is 2.01. The molecule has 3 heteroatoms. The first-order valence-electron chi connectivity index (χ1n) is 6.68. The van der Waals surface area contributed by atoms with Gasteiger partial charge in [-0.2, -0.15) is 0 Å². The molecule has 104 valence electrons. The molecule has 0 saturated carbocycles. The van der Waals surface area contributed by atoms with Crippen LogP contribution in [0, 0.1) is 0 Å². The van der Waals surface area contributed by atoms with Gasteiger partial charge in [0.05, 0.1) is 0 Å². The predicted molar refractivity (Wildman–Crippen MR) is 77.0 cm³/mol. The van der Waals surface area contributed by atoms with Crippen molar-refractivity contribution in [2.75, 3.05) is 0 Å². The van der Waals surface area contributed by atoms with Gasteiger partial charge >= 0.3 is 5.97 Å². The average molecular weight is 270 g/mol. The second kappa shape index (κ2) is 7.46. The van der Waals surface area contributed by atoms with E-state index in [0.29, 0.717) is 12.8 Å². The summed E-state index contributed by atoms with van der Waals surface area (Å²) >= 11 is 0. The average Bonchev–Trinajstić information content (AvgIpc) is 2.52. The summed E-state index contributed by atoms with van der Waals surface area (Å²) in [4.78, 5) is 11.7. The van der Waals surface area contributed by atoms with Crippen LogP contribution in [0.1, 0.15) is 17.5 Å². The van der Waals surface area contributed by atoms with E-state index in [1.165, 1.54) is 0 Å². The van der Waals surface area contributed by atoms with Crippen LogP contribution in [-0.2, 0) is 22.6 Å². The van der Waals surface area contributed by atoms with Gasteiger partial charge in [0.1, 0.15) is 6.61 Å². The molecule has 0 saturated heterocycles. The van der Waals surface area contributed by atoms with Crippen LogP contribution < -0.4 is 0 Å². The number of esters is 1. The summed E-state index contributed by atoms with van der Waals surface area (Å²) in [7, 11) is 0. The maximum absolute atomic E-state index is 11.7. The van der Waals surface area contributed by atoms with Crippen molar-refractivity contribution in [2.24, 2.45) is 0 Å². The van der Waals surface area contributed by atoms with Gasteiger partial charge in [0, 0.05) is 0 Å². The van der Waals surface area contributed by atoms with Crippen molar-refractivity contribution in [1.82, 2.24) is 0 Å². The van der Waals surface area contributed by atoms with Crippen molar-refractivity contribution >= 4 is 5.97 Å². The Bertz CT molecular complexity index is 522. The van der Waals surface area contributed by atoms with E-state index in [1.807, 2.05) is 60.7 Å². The zero-order valence-electron chi connectivity index (χ0n) is 11.2. The maximum atomic E-state index is 11.7. The fourth-order valence-corrected chi connectivity index (χ4v) is 1.89. The number of aliphatic hydroxyl groups excluding tert-OH is 1. The van der Waals surface area contributed by atoms with Crippen LogP contribution in [0.3, 0.4) is 0 Å². The van der Waals surface area contributed by atoms with Gasteiger partial charge in [-0.15, -0.1) is 0 Å². The maximum Gasteiger partial charge on any atom is 0.335 e. The lowest BCUT2D eigenvalue weighted by Gasteiger charge is -2.10. The number of carbonyl (C=O) groups is 1. The second-order valence-corrected chi connectivity index (χ2v) is 4.63. The molecule has 20 heavy (non-hydrogen) atoms. The molecule has 0 spiro atoms. The standard InChI is InChI=1S/C17H18O3/c18-16(12-11-14-7-3-1-4-8-14)17(19)20-13-15-9-5-2-6-10-15/h1-10,16,18H,11-13H2. The molecule has 1 N–H and O–H groups in total. The van der Waals surface area contributed by atoms with Crippen molar-refractivity contribution in [2.45, 2.75) is 25.6 Å². The number of carbonyl (C=O) groups excluding carboxylic acids is 1. The Morgan fingerprint density at radius 1 is 0.950 bits per heavy atom. The highest BCUT2D eigenvalue weighted by Crippen LogP contribution is 2.07. The highest BCUT2D eigenvalue weighted by Gasteiger charge is 2.16. The molecule has 0 aliphatic carbocycles. The van der Waals surface area contributed by atoms with E-state index in [0.717, 1.165) is 11.1 Å². The van der Waals surface area contributed by atoms with Gasteiger partial charge in [-0.3, -0.25) is 0 Å². The van der Waals surface area contributed by atoms with Gasteiger partial charge in [-0.25, -0.2) is 4.79 Å². The molecular weight excluding hydrogens is 252 g/mol. The van der Waals surface area contributed by atoms with Crippen molar-refractivity contribution in [3.8, 4) is 0 Å². The largest absolute Gasteiger partial charge is 0.459 e. The van der Waals surface area contributed by atoms with Crippen LogP contribution in [0.5, 0.6) is 0 Å². The molecule has 0 aliphatic heterocycles. The van der Waals surface area contributed by atoms with E-state index >= 15 is 0 Å². The molecule has 0 heterocycles. The summed E-state index contributed by atoms with van der Waals surface area (Å²) in [5, 5.41) is 9.78. The number of ether oxygens (including phenoxy) is 1. The van der Waals surface area contributed by atoms with Gasteiger partial charge in [0.25, 0.3) is 0 Å². The Labute approximate surface area is 118 Å². The number of rotatable bonds is 6. The fourth-order valence-electron chi connectivity index (χ4n) is 1.89. The van der Waals surface area contributed by atoms with Crippen molar-refractivity contribution < 1.29 is 14.6 Å². The number of aryl methyl sites for hydroxylation is 1. The van der Waals surface area contributed by atoms with E-state index in [-0.39, 0.29) is 6.61 Å². The topological polar surface area (TPSA) is 46.5 Å². The quantitative estimate of drug-likeness (QED) is 0.821. The Hall–Kier alpha value is -2.13. The summed E-state index contributed by atoms with van der Waals surface area (Å²) in [6.45, 7) is 0.196. The number of benzene rings is 2. The molecule has 2 rings (SSSR count). The first-order chi connectivity index (χ1) is 9.75. The predicted octanol–water partition coefficient (Wildman–Crippen LogP) is 2.72. The Balaban J connectivity index is 1.75. The van der Waals surface area contributed by atoms with Crippen LogP contribution in [0.4, 0.5) is 0 Å². The van der Waals surface area contributed by atoms with Gasteiger partial charge in [0.2, 0.25) is 0 Å². The van der Waals surface area contributed by atoms with Gasteiger partial charge in [0.15, 0.2) is 6.10 Å². The van der Waals surface area contributed by atoms with Gasteiger partial charge in [-0.1, -0.05) is 60.7 Å². The highest BCUT2D eigenvalue weighted by molar-refractivity contribution is 5.74. The minimum absolute atomic E-state index is 0.196. The third-order valence-corrected chi connectivity index (χ3v) is 3.05. The fraction of sp³-hybridized carbons (Fsp3) is 0.235. The zero-order chi connectivity index (χ0) is 14.2. The molecule has 1 atom stereocenters. The molecule has 0 fully saturated rings. The molecule has 0 bridgehead atoms. The molecule has 2 aromatic rings. The van der Waals surface area contributed by atoms with Gasteiger partial charge < -0.3 is 9.84 Å². The van der Waals surface area contributed by atoms with Crippen LogP contribution in [-0.4, -0.2) is 17.2 Å². The normalized spacial score (nSPS) is 11.8. The van der Waals surface area contributed by atoms with Crippen LogP contribution in [0.15, 0.2) is 60.7 Å². The summed E-state index contributed by atoms with van der Waals surface area (Å²) < 4.78 is 5.09. The highest BCUT2D eigenvalue weighted by atomic mass is 16.5. The molecule has 0 radical (unpaired) electrons. The van der Waals surface area contributed by atoms with Crippen molar-refractivity contribution in [3.05, 3.63) is 71.8 Å². The van der Waals surface area contributed by atoms with Crippen molar-refractivity contribution in [1.29, 1.82) is 0 Å². The molecule has 1 unspecified atom stereocenters. The van der Waals surface area contributed by atoms with Gasteiger partial charge in [-0.05, 0) is 24.0 Å². The van der Waals surface area contributed by atoms with Crippen LogP contribution in [0.25, 0.3) is 0 Å².